The van der Waals surface area contributed by atoms with E-state index >= 15 is 0 Å². The average molecular weight is 394 g/mol. The van der Waals surface area contributed by atoms with Crippen LogP contribution in [0.1, 0.15) is 23.0 Å². The molecule has 1 aromatic heterocycles. The lowest BCUT2D eigenvalue weighted by Crippen LogP contribution is -2.38. The van der Waals surface area contributed by atoms with Crippen LogP contribution in [0.15, 0.2) is 60.7 Å². The molecule has 0 radical (unpaired) electrons. The summed E-state index contributed by atoms with van der Waals surface area (Å²) in [6.07, 6.45) is 0.858. The number of benzene rings is 2. The van der Waals surface area contributed by atoms with E-state index in [1.807, 2.05) is 67.6 Å². The van der Waals surface area contributed by atoms with Crippen LogP contribution < -0.4 is 5.32 Å². The fourth-order valence-electron chi connectivity index (χ4n) is 2.74. The third-order valence-electron chi connectivity index (χ3n) is 4.19. The van der Waals surface area contributed by atoms with Gasteiger partial charge in [-0.25, -0.2) is 4.98 Å². The van der Waals surface area contributed by atoms with Gasteiger partial charge in [0.25, 0.3) is 5.91 Å². The Kier molecular flexibility index (Phi) is 6.55. The van der Waals surface area contributed by atoms with Gasteiger partial charge in [-0.3, -0.25) is 9.59 Å². The molecule has 0 aliphatic carbocycles. The molecule has 28 heavy (non-hydrogen) atoms. The van der Waals surface area contributed by atoms with Crippen molar-refractivity contribution in [1.29, 1.82) is 0 Å². The van der Waals surface area contributed by atoms with Gasteiger partial charge >= 0.3 is 0 Å². The molecule has 1 heterocycles. The van der Waals surface area contributed by atoms with Crippen molar-refractivity contribution in [1.82, 2.24) is 15.2 Å². The van der Waals surface area contributed by atoms with Crippen LogP contribution >= 0.6 is 11.3 Å². The molecule has 0 saturated heterocycles. The van der Waals surface area contributed by atoms with Gasteiger partial charge in [-0.1, -0.05) is 67.6 Å². The number of hydrogen-bond donors (Lipinski definition) is 1. The Morgan fingerprint density at radius 3 is 2.21 bits per heavy atom. The molecule has 0 aliphatic rings. The van der Waals surface area contributed by atoms with Crippen molar-refractivity contribution in [3.63, 3.8) is 0 Å². The van der Waals surface area contributed by atoms with Crippen LogP contribution in [0, 0.1) is 0 Å². The maximum atomic E-state index is 13.1. The van der Waals surface area contributed by atoms with Crippen LogP contribution in [0.25, 0.3) is 21.8 Å². The fraction of sp³-hybridized carbons (Fsp3) is 0.227. The SMILES string of the molecule is CCCNC(=O)CN(C)C(=O)c1sc(-c2ccccc2)nc1-c1ccccc1. The van der Waals surface area contributed by atoms with Gasteiger partial charge in [-0.05, 0) is 6.42 Å². The van der Waals surface area contributed by atoms with Gasteiger partial charge in [-0.2, -0.15) is 0 Å². The summed E-state index contributed by atoms with van der Waals surface area (Å²) in [6.45, 7) is 2.62. The van der Waals surface area contributed by atoms with E-state index in [9.17, 15) is 9.59 Å². The number of thiazole rings is 1. The summed E-state index contributed by atoms with van der Waals surface area (Å²) in [4.78, 5) is 31.9. The molecular weight excluding hydrogens is 370 g/mol. The van der Waals surface area contributed by atoms with E-state index in [4.69, 9.17) is 4.98 Å². The third kappa shape index (κ3) is 4.64. The Morgan fingerprint density at radius 1 is 1.00 bits per heavy atom. The van der Waals surface area contributed by atoms with E-state index in [2.05, 4.69) is 5.32 Å². The number of amides is 2. The highest BCUT2D eigenvalue weighted by Gasteiger charge is 2.24. The summed E-state index contributed by atoms with van der Waals surface area (Å²) in [5, 5.41) is 3.59. The van der Waals surface area contributed by atoms with Crippen molar-refractivity contribution in [3.8, 4) is 21.8 Å². The van der Waals surface area contributed by atoms with E-state index in [1.54, 1.807) is 7.05 Å². The standard InChI is InChI=1S/C22H23N3O2S/c1-3-14-23-18(26)15-25(2)22(27)20-19(16-10-6-4-7-11-16)24-21(28-20)17-12-8-5-9-13-17/h4-13H,3,14-15H2,1-2H3,(H,23,26). The van der Waals surface area contributed by atoms with Gasteiger partial charge in [0.1, 0.15) is 9.88 Å². The molecule has 2 aromatic carbocycles. The summed E-state index contributed by atoms with van der Waals surface area (Å²) in [7, 11) is 1.64. The van der Waals surface area contributed by atoms with Gasteiger partial charge in [0.2, 0.25) is 5.91 Å². The van der Waals surface area contributed by atoms with Crippen LogP contribution in [0.5, 0.6) is 0 Å². The number of carbonyl (C=O) groups is 2. The summed E-state index contributed by atoms with van der Waals surface area (Å²) < 4.78 is 0. The molecular formula is C22H23N3O2S. The zero-order chi connectivity index (χ0) is 19.9. The fourth-order valence-corrected chi connectivity index (χ4v) is 3.83. The Bertz CT molecular complexity index is 939. The largest absolute Gasteiger partial charge is 0.355 e. The maximum absolute atomic E-state index is 13.1. The molecule has 2 amide bonds. The van der Waals surface area contributed by atoms with Crippen LogP contribution in [0.4, 0.5) is 0 Å². The number of likely N-dealkylation sites (N-methyl/N-ethyl adjacent to an activating group) is 1. The molecule has 144 valence electrons. The lowest BCUT2D eigenvalue weighted by atomic mass is 10.1. The van der Waals surface area contributed by atoms with Crippen molar-refractivity contribution >= 4 is 23.2 Å². The second-order valence-electron chi connectivity index (χ2n) is 6.44. The van der Waals surface area contributed by atoms with Crippen molar-refractivity contribution in [2.75, 3.05) is 20.1 Å². The Hall–Kier alpha value is -2.99. The lowest BCUT2D eigenvalue weighted by Gasteiger charge is -2.16. The number of aromatic nitrogens is 1. The minimum Gasteiger partial charge on any atom is -0.355 e. The Balaban J connectivity index is 1.93. The molecule has 5 nitrogen and oxygen atoms in total. The summed E-state index contributed by atoms with van der Waals surface area (Å²) in [5.41, 5.74) is 2.50. The quantitative estimate of drug-likeness (QED) is 0.658. The van der Waals surface area contributed by atoms with Crippen LogP contribution in [0.2, 0.25) is 0 Å². The molecule has 3 aromatic rings. The number of carbonyl (C=O) groups excluding carboxylic acids is 2. The maximum Gasteiger partial charge on any atom is 0.266 e. The first kappa shape index (κ1) is 19.8. The van der Waals surface area contributed by atoms with Crippen LogP contribution in [0.3, 0.4) is 0 Å². The van der Waals surface area contributed by atoms with Gasteiger partial charge < -0.3 is 10.2 Å². The normalized spacial score (nSPS) is 10.5. The van der Waals surface area contributed by atoms with Crippen molar-refractivity contribution in [3.05, 3.63) is 65.5 Å². The van der Waals surface area contributed by atoms with E-state index in [0.717, 1.165) is 22.6 Å². The highest BCUT2D eigenvalue weighted by atomic mass is 32.1. The Morgan fingerprint density at radius 2 is 1.61 bits per heavy atom. The van der Waals surface area contributed by atoms with Gasteiger partial charge in [0.05, 0.1) is 12.2 Å². The summed E-state index contributed by atoms with van der Waals surface area (Å²) >= 11 is 1.35. The summed E-state index contributed by atoms with van der Waals surface area (Å²) in [5.74, 6) is -0.364. The average Bonchev–Trinajstić information content (AvgIpc) is 3.18. The first-order valence-corrected chi connectivity index (χ1v) is 10.1. The lowest BCUT2D eigenvalue weighted by molar-refractivity contribution is -0.121. The number of nitrogens with zero attached hydrogens (tertiary/aromatic N) is 2. The molecule has 0 bridgehead atoms. The van der Waals surface area contributed by atoms with Gasteiger partial charge in [-0.15, -0.1) is 11.3 Å². The highest BCUT2D eigenvalue weighted by molar-refractivity contribution is 7.17. The molecule has 0 fully saturated rings. The predicted molar refractivity (Wildman–Crippen MR) is 113 cm³/mol. The minimum absolute atomic E-state index is 0.0195. The van der Waals surface area contributed by atoms with E-state index in [0.29, 0.717) is 17.1 Å². The van der Waals surface area contributed by atoms with Crippen LogP contribution in [-0.4, -0.2) is 41.8 Å². The third-order valence-corrected chi connectivity index (χ3v) is 5.28. The Labute approximate surface area is 169 Å². The van der Waals surface area contributed by atoms with Crippen molar-refractivity contribution < 1.29 is 9.59 Å². The molecule has 6 heteroatoms. The minimum atomic E-state index is -0.204. The highest BCUT2D eigenvalue weighted by Crippen LogP contribution is 2.34. The van der Waals surface area contributed by atoms with Crippen molar-refractivity contribution in [2.45, 2.75) is 13.3 Å². The molecule has 0 spiro atoms. The smallest absolute Gasteiger partial charge is 0.266 e. The molecule has 0 saturated carbocycles. The van der Waals surface area contributed by atoms with E-state index in [1.165, 1.54) is 16.2 Å². The topological polar surface area (TPSA) is 62.3 Å². The van der Waals surface area contributed by atoms with Gasteiger partial charge in [0, 0.05) is 24.7 Å². The molecule has 3 rings (SSSR count). The van der Waals surface area contributed by atoms with Gasteiger partial charge in [0.15, 0.2) is 0 Å². The zero-order valence-corrected chi connectivity index (χ0v) is 16.8. The van der Waals surface area contributed by atoms with E-state index in [-0.39, 0.29) is 18.4 Å². The predicted octanol–water partition coefficient (Wildman–Crippen LogP) is 4.08. The summed E-state index contributed by atoms with van der Waals surface area (Å²) in [6, 6.07) is 19.5. The molecule has 1 N–H and O–H groups in total. The second-order valence-corrected chi connectivity index (χ2v) is 7.44. The van der Waals surface area contributed by atoms with Crippen LogP contribution in [-0.2, 0) is 4.79 Å². The number of hydrogen-bond acceptors (Lipinski definition) is 4. The number of rotatable bonds is 7. The van der Waals surface area contributed by atoms with E-state index < -0.39 is 0 Å². The van der Waals surface area contributed by atoms with Crippen molar-refractivity contribution in [2.24, 2.45) is 0 Å². The first-order valence-electron chi connectivity index (χ1n) is 9.24. The molecule has 0 unspecified atom stereocenters. The molecule has 0 atom stereocenters. The first-order chi connectivity index (χ1) is 13.6. The number of nitrogens with one attached hydrogen (secondary N) is 1. The monoisotopic (exact) mass is 393 g/mol. The second kappa shape index (κ2) is 9.28. The molecule has 0 aliphatic heterocycles. The zero-order valence-electron chi connectivity index (χ0n) is 16.0.